The largest absolute Gasteiger partial charge is 0.322 e. The van der Waals surface area contributed by atoms with Crippen molar-refractivity contribution in [1.82, 2.24) is 5.06 Å². The first-order valence-corrected chi connectivity index (χ1v) is 9.74. The smallest absolute Gasteiger partial charge is 0.281 e. The Hall–Kier alpha value is -4.01. The van der Waals surface area contributed by atoms with Gasteiger partial charge in [0.05, 0.1) is 12.8 Å². The molecule has 164 valence electrons. The molecule has 0 heterocycles. The van der Waals surface area contributed by atoms with Crippen molar-refractivity contribution in [2.75, 3.05) is 24.5 Å². The van der Waals surface area contributed by atoms with Gasteiger partial charge in [0.1, 0.15) is 0 Å². The zero-order valence-electron chi connectivity index (χ0n) is 17.9. The summed E-state index contributed by atoms with van der Waals surface area (Å²) in [5, 5.41) is 14.7. The lowest BCUT2D eigenvalue weighted by molar-refractivity contribution is -0.0756. The highest BCUT2D eigenvalue weighted by Crippen LogP contribution is 2.25. The van der Waals surface area contributed by atoms with E-state index in [-0.39, 0.29) is 22.5 Å². The SMILES string of the molecule is CON(C)C(=O)c1cc(NC(=O)c2ccccc2)cc(N(O)C(=O)c2ccc(C)cc2)c1. The van der Waals surface area contributed by atoms with Gasteiger partial charge in [-0.05, 0) is 49.4 Å². The van der Waals surface area contributed by atoms with Crippen LogP contribution in [-0.4, -0.2) is 42.1 Å². The van der Waals surface area contributed by atoms with E-state index in [2.05, 4.69) is 5.32 Å². The van der Waals surface area contributed by atoms with Crippen molar-refractivity contribution in [2.24, 2.45) is 0 Å². The highest BCUT2D eigenvalue weighted by molar-refractivity contribution is 6.08. The van der Waals surface area contributed by atoms with Crippen molar-refractivity contribution in [3.63, 3.8) is 0 Å². The molecule has 0 aromatic heterocycles. The molecule has 3 rings (SSSR count). The number of carbonyl (C=O) groups excluding carboxylic acids is 3. The molecule has 0 saturated carbocycles. The summed E-state index contributed by atoms with van der Waals surface area (Å²) >= 11 is 0. The minimum atomic E-state index is -0.685. The zero-order chi connectivity index (χ0) is 23.3. The van der Waals surface area contributed by atoms with Crippen molar-refractivity contribution in [3.8, 4) is 0 Å². The third kappa shape index (κ3) is 5.18. The molecule has 3 amide bonds. The van der Waals surface area contributed by atoms with Crippen LogP contribution in [0.4, 0.5) is 11.4 Å². The van der Waals surface area contributed by atoms with Crippen molar-refractivity contribution in [3.05, 3.63) is 95.1 Å². The van der Waals surface area contributed by atoms with Gasteiger partial charge in [-0.3, -0.25) is 24.4 Å². The lowest BCUT2D eigenvalue weighted by atomic mass is 10.1. The van der Waals surface area contributed by atoms with E-state index < -0.39 is 17.7 Å². The second-order valence-corrected chi connectivity index (χ2v) is 7.06. The van der Waals surface area contributed by atoms with Crippen LogP contribution in [-0.2, 0) is 4.84 Å². The summed E-state index contributed by atoms with van der Waals surface area (Å²) in [5.74, 6) is -1.62. The van der Waals surface area contributed by atoms with Gasteiger partial charge >= 0.3 is 0 Å². The zero-order valence-corrected chi connectivity index (χ0v) is 17.9. The maximum Gasteiger partial charge on any atom is 0.281 e. The van der Waals surface area contributed by atoms with Crippen molar-refractivity contribution < 1.29 is 24.4 Å². The second kappa shape index (κ2) is 9.86. The molecule has 8 nitrogen and oxygen atoms in total. The monoisotopic (exact) mass is 433 g/mol. The molecule has 3 aromatic carbocycles. The van der Waals surface area contributed by atoms with E-state index in [9.17, 15) is 19.6 Å². The Kier molecular flexibility index (Phi) is 6.99. The van der Waals surface area contributed by atoms with Gasteiger partial charge in [-0.1, -0.05) is 35.9 Å². The van der Waals surface area contributed by atoms with Gasteiger partial charge in [0, 0.05) is 29.4 Å². The van der Waals surface area contributed by atoms with Gasteiger partial charge in [0.25, 0.3) is 17.7 Å². The second-order valence-electron chi connectivity index (χ2n) is 7.06. The number of benzene rings is 3. The average molecular weight is 433 g/mol. The highest BCUT2D eigenvalue weighted by atomic mass is 16.7. The molecule has 0 atom stereocenters. The summed E-state index contributed by atoms with van der Waals surface area (Å²) in [4.78, 5) is 42.9. The molecule has 0 aliphatic heterocycles. The van der Waals surface area contributed by atoms with Gasteiger partial charge in [0.15, 0.2) is 0 Å². The molecular weight excluding hydrogens is 410 g/mol. The molecule has 0 unspecified atom stereocenters. The van der Waals surface area contributed by atoms with E-state index in [1.165, 1.54) is 32.4 Å². The van der Waals surface area contributed by atoms with Crippen LogP contribution in [0, 0.1) is 6.92 Å². The van der Waals surface area contributed by atoms with Crippen LogP contribution in [0.25, 0.3) is 0 Å². The molecule has 0 aliphatic carbocycles. The van der Waals surface area contributed by atoms with E-state index in [1.807, 2.05) is 6.92 Å². The molecule has 0 radical (unpaired) electrons. The predicted octanol–water partition coefficient (Wildman–Crippen LogP) is 3.92. The van der Waals surface area contributed by atoms with Gasteiger partial charge in [-0.15, -0.1) is 0 Å². The van der Waals surface area contributed by atoms with Crippen LogP contribution in [0.2, 0.25) is 0 Å². The minimum Gasteiger partial charge on any atom is -0.322 e. The summed E-state index contributed by atoms with van der Waals surface area (Å²) in [6.07, 6.45) is 0. The Balaban J connectivity index is 1.97. The average Bonchev–Trinajstić information content (AvgIpc) is 2.82. The fourth-order valence-electron chi connectivity index (χ4n) is 2.92. The first-order valence-electron chi connectivity index (χ1n) is 9.74. The Bertz CT molecular complexity index is 1130. The Morgan fingerprint density at radius 2 is 1.50 bits per heavy atom. The van der Waals surface area contributed by atoms with Crippen molar-refractivity contribution in [2.45, 2.75) is 6.92 Å². The number of aryl methyl sites for hydroxylation is 1. The van der Waals surface area contributed by atoms with E-state index >= 15 is 0 Å². The molecule has 0 bridgehead atoms. The van der Waals surface area contributed by atoms with Crippen molar-refractivity contribution >= 4 is 29.1 Å². The fourth-order valence-corrected chi connectivity index (χ4v) is 2.92. The lowest BCUT2D eigenvalue weighted by Crippen LogP contribution is -2.29. The number of hydroxylamine groups is 3. The minimum absolute atomic E-state index is 0.00860. The van der Waals surface area contributed by atoms with Gasteiger partial charge in [-0.25, -0.2) is 5.06 Å². The number of carbonyl (C=O) groups is 3. The summed E-state index contributed by atoms with van der Waals surface area (Å²) in [7, 11) is 2.75. The van der Waals surface area contributed by atoms with Gasteiger partial charge < -0.3 is 5.32 Å². The molecule has 32 heavy (non-hydrogen) atoms. The summed E-state index contributed by atoms with van der Waals surface area (Å²) < 4.78 is 0. The lowest BCUT2D eigenvalue weighted by Gasteiger charge is -2.19. The van der Waals surface area contributed by atoms with E-state index in [0.717, 1.165) is 10.6 Å². The van der Waals surface area contributed by atoms with E-state index in [1.54, 1.807) is 54.6 Å². The van der Waals surface area contributed by atoms with E-state index in [4.69, 9.17) is 4.84 Å². The maximum atomic E-state index is 12.8. The first-order chi connectivity index (χ1) is 15.3. The maximum absolute atomic E-state index is 12.8. The molecule has 8 heteroatoms. The van der Waals surface area contributed by atoms with Crippen LogP contribution < -0.4 is 10.4 Å². The first kappa shape index (κ1) is 22.7. The number of hydrogen-bond acceptors (Lipinski definition) is 5. The Labute approximate surface area is 185 Å². The van der Waals surface area contributed by atoms with E-state index in [0.29, 0.717) is 10.6 Å². The summed E-state index contributed by atoms with van der Waals surface area (Å²) in [5.41, 5.74) is 1.97. The molecular formula is C24H23N3O5. The topological polar surface area (TPSA) is 99.2 Å². The van der Waals surface area contributed by atoms with Crippen LogP contribution in [0.3, 0.4) is 0 Å². The summed E-state index contributed by atoms with van der Waals surface area (Å²) in [6.45, 7) is 1.88. The number of nitrogens with one attached hydrogen (secondary N) is 1. The third-order valence-electron chi connectivity index (χ3n) is 4.75. The quantitative estimate of drug-likeness (QED) is 0.454. The fraction of sp³-hybridized carbons (Fsp3) is 0.125. The Morgan fingerprint density at radius 1 is 0.844 bits per heavy atom. The molecule has 3 aromatic rings. The number of amides is 3. The predicted molar refractivity (Wildman–Crippen MR) is 120 cm³/mol. The van der Waals surface area contributed by atoms with Gasteiger partial charge in [-0.2, -0.15) is 5.06 Å². The van der Waals surface area contributed by atoms with Crippen molar-refractivity contribution in [1.29, 1.82) is 0 Å². The molecule has 0 saturated heterocycles. The molecule has 0 aliphatic rings. The number of hydrogen-bond donors (Lipinski definition) is 2. The highest BCUT2D eigenvalue weighted by Gasteiger charge is 2.21. The summed E-state index contributed by atoms with van der Waals surface area (Å²) in [6, 6.07) is 19.4. The standard InChI is InChI=1S/C24H23N3O5/c1-16-9-11-18(12-10-16)24(30)27(31)21-14-19(23(29)26(2)32-3)13-20(15-21)25-22(28)17-7-5-4-6-8-17/h4-15,31H,1-3H3,(H,25,28). The Morgan fingerprint density at radius 3 is 2.12 bits per heavy atom. The number of anilines is 2. The van der Waals surface area contributed by atoms with Gasteiger partial charge in [0.2, 0.25) is 0 Å². The van der Waals surface area contributed by atoms with Crippen LogP contribution in [0.5, 0.6) is 0 Å². The number of rotatable bonds is 6. The normalized spacial score (nSPS) is 10.4. The van der Waals surface area contributed by atoms with Crippen LogP contribution in [0.15, 0.2) is 72.8 Å². The number of nitrogens with zero attached hydrogens (tertiary/aromatic N) is 2. The van der Waals surface area contributed by atoms with Crippen LogP contribution >= 0.6 is 0 Å². The van der Waals surface area contributed by atoms with Crippen LogP contribution in [0.1, 0.15) is 36.6 Å². The molecule has 0 spiro atoms. The molecule has 0 fully saturated rings. The molecule has 2 N–H and O–H groups in total. The third-order valence-corrected chi connectivity index (χ3v) is 4.75.